The van der Waals surface area contributed by atoms with Gasteiger partial charge in [0.15, 0.2) is 0 Å². The van der Waals surface area contributed by atoms with Crippen molar-refractivity contribution in [2.24, 2.45) is 0 Å². The summed E-state index contributed by atoms with van der Waals surface area (Å²) in [6.07, 6.45) is 2.45. The summed E-state index contributed by atoms with van der Waals surface area (Å²) in [5, 5.41) is 9.04. The molecule has 72 valence electrons. The van der Waals surface area contributed by atoms with Crippen LogP contribution in [0.4, 0.5) is 0 Å². The van der Waals surface area contributed by atoms with Gasteiger partial charge in [0.2, 0.25) is 0 Å². The molecule has 0 spiro atoms. The Morgan fingerprint density at radius 3 is 3.08 bits per heavy atom. The summed E-state index contributed by atoms with van der Waals surface area (Å²) in [6, 6.07) is 0.461. The molecule has 12 heavy (non-hydrogen) atoms. The van der Waals surface area contributed by atoms with Crippen molar-refractivity contribution in [1.82, 2.24) is 4.90 Å². The highest BCUT2D eigenvalue weighted by Gasteiger charge is 2.22. The lowest BCUT2D eigenvalue weighted by Gasteiger charge is -2.21. The molecule has 1 N–H and O–H groups in total. The van der Waals surface area contributed by atoms with E-state index in [0.717, 1.165) is 6.54 Å². The van der Waals surface area contributed by atoms with Gasteiger partial charge in [-0.3, -0.25) is 4.90 Å². The first kappa shape index (κ1) is 10.4. The van der Waals surface area contributed by atoms with Gasteiger partial charge in [0, 0.05) is 18.3 Å². The molecule has 0 aromatic heterocycles. The molecule has 1 saturated heterocycles. The van der Waals surface area contributed by atoms with Gasteiger partial charge in [-0.25, -0.2) is 0 Å². The molecular weight excluding hydrogens is 170 g/mol. The van der Waals surface area contributed by atoms with Gasteiger partial charge in [0.05, 0.1) is 6.61 Å². The minimum atomic E-state index is 0.344. The number of nitrogens with zero attached hydrogens (tertiary/aromatic N) is 1. The van der Waals surface area contributed by atoms with Gasteiger partial charge in [-0.15, -0.1) is 0 Å². The molecule has 1 atom stereocenters. The second-order valence-electron chi connectivity index (χ2n) is 3.21. The molecular formula is C9H19NOS. The van der Waals surface area contributed by atoms with Crippen LogP contribution < -0.4 is 0 Å². The third-order valence-corrected chi connectivity index (χ3v) is 3.32. The van der Waals surface area contributed by atoms with E-state index >= 15 is 0 Å². The van der Waals surface area contributed by atoms with Gasteiger partial charge in [-0.2, -0.15) is 11.8 Å². The van der Waals surface area contributed by atoms with E-state index in [0.29, 0.717) is 12.6 Å². The van der Waals surface area contributed by atoms with Crippen molar-refractivity contribution in [2.75, 3.05) is 31.2 Å². The average molecular weight is 189 g/mol. The fraction of sp³-hybridized carbons (Fsp3) is 1.00. The summed E-state index contributed by atoms with van der Waals surface area (Å²) in [6.45, 7) is 4.88. The predicted octanol–water partition coefficient (Wildman–Crippen LogP) is 1.20. The first-order chi connectivity index (χ1) is 5.88. The number of thioether (sulfide) groups is 1. The first-order valence-electron chi connectivity index (χ1n) is 4.81. The number of aliphatic hydroxyl groups is 1. The highest BCUT2D eigenvalue weighted by atomic mass is 32.2. The van der Waals surface area contributed by atoms with Crippen molar-refractivity contribution in [1.29, 1.82) is 0 Å². The summed E-state index contributed by atoms with van der Waals surface area (Å²) in [5.74, 6) is 2.42. The lowest BCUT2D eigenvalue weighted by molar-refractivity contribution is 0.165. The molecule has 1 fully saturated rings. The minimum absolute atomic E-state index is 0.344. The Kier molecular flexibility index (Phi) is 5.04. The molecule has 0 radical (unpaired) electrons. The Hall–Kier alpha value is 0.270. The predicted molar refractivity (Wildman–Crippen MR) is 54.7 cm³/mol. The molecule has 1 unspecified atom stereocenters. The van der Waals surface area contributed by atoms with Gasteiger partial charge >= 0.3 is 0 Å². The Morgan fingerprint density at radius 1 is 1.58 bits per heavy atom. The second kappa shape index (κ2) is 5.84. The molecule has 1 heterocycles. The first-order valence-corrected chi connectivity index (χ1v) is 5.96. The lowest BCUT2D eigenvalue weighted by atomic mass is 10.2. The fourth-order valence-corrected chi connectivity index (χ4v) is 2.37. The van der Waals surface area contributed by atoms with Crippen molar-refractivity contribution >= 4 is 11.8 Å². The zero-order valence-corrected chi connectivity index (χ0v) is 8.65. The van der Waals surface area contributed by atoms with Gasteiger partial charge in [-0.05, 0) is 25.1 Å². The van der Waals surface area contributed by atoms with E-state index in [1.54, 1.807) is 0 Å². The van der Waals surface area contributed by atoms with Crippen LogP contribution in [0.15, 0.2) is 0 Å². The minimum Gasteiger partial charge on any atom is -0.395 e. The van der Waals surface area contributed by atoms with E-state index in [1.165, 1.54) is 30.9 Å². The Morgan fingerprint density at radius 2 is 2.42 bits per heavy atom. The van der Waals surface area contributed by atoms with Gasteiger partial charge in [0.25, 0.3) is 0 Å². The van der Waals surface area contributed by atoms with Crippen LogP contribution >= 0.6 is 11.8 Å². The number of hydrogen-bond donors (Lipinski definition) is 1. The third kappa shape index (κ3) is 2.96. The van der Waals surface area contributed by atoms with Crippen LogP contribution in [0, 0.1) is 0 Å². The molecule has 0 bridgehead atoms. The molecule has 0 amide bonds. The van der Waals surface area contributed by atoms with Crippen LogP contribution in [0.5, 0.6) is 0 Å². The maximum Gasteiger partial charge on any atom is 0.0586 e. The highest BCUT2D eigenvalue weighted by Crippen LogP contribution is 2.16. The molecule has 0 aliphatic carbocycles. The summed E-state index contributed by atoms with van der Waals surface area (Å²) >= 11 is 1.98. The van der Waals surface area contributed by atoms with Crippen LogP contribution in [0.3, 0.4) is 0 Å². The Bertz CT molecular complexity index is 121. The summed E-state index contributed by atoms with van der Waals surface area (Å²) in [4.78, 5) is 2.42. The van der Waals surface area contributed by atoms with Crippen molar-refractivity contribution in [2.45, 2.75) is 25.8 Å². The SMILES string of the molecule is CCSCCN1CCCC1CO. The van der Waals surface area contributed by atoms with E-state index in [1.807, 2.05) is 11.8 Å². The number of hydrogen-bond acceptors (Lipinski definition) is 3. The molecule has 1 rings (SSSR count). The van der Waals surface area contributed by atoms with Crippen LogP contribution in [0.25, 0.3) is 0 Å². The van der Waals surface area contributed by atoms with Crippen molar-refractivity contribution in [3.63, 3.8) is 0 Å². The van der Waals surface area contributed by atoms with E-state index in [-0.39, 0.29) is 0 Å². The molecule has 1 aliphatic heterocycles. The molecule has 0 aromatic carbocycles. The Labute approximate surface area is 79.3 Å². The topological polar surface area (TPSA) is 23.5 Å². The third-order valence-electron chi connectivity index (χ3n) is 2.44. The second-order valence-corrected chi connectivity index (χ2v) is 4.61. The van der Waals surface area contributed by atoms with Crippen LogP contribution in [-0.4, -0.2) is 47.3 Å². The van der Waals surface area contributed by atoms with Gasteiger partial charge < -0.3 is 5.11 Å². The van der Waals surface area contributed by atoms with Crippen LogP contribution in [-0.2, 0) is 0 Å². The zero-order chi connectivity index (χ0) is 8.81. The van der Waals surface area contributed by atoms with Gasteiger partial charge in [0.1, 0.15) is 0 Å². The quantitative estimate of drug-likeness (QED) is 0.657. The molecule has 3 heteroatoms. The largest absolute Gasteiger partial charge is 0.395 e. The fourth-order valence-electron chi connectivity index (χ4n) is 1.72. The maximum absolute atomic E-state index is 9.04. The number of rotatable bonds is 5. The highest BCUT2D eigenvalue weighted by molar-refractivity contribution is 7.99. The molecule has 0 saturated carbocycles. The molecule has 2 nitrogen and oxygen atoms in total. The van der Waals surface area contributed by atoms with E-state index in [4.69, 9.17) is 5.11 Å². The smallest absolute Gasteiger partial charge is 0.0586 e. The lowest BCUT2D eigenvalue weighted by Crippen LogP contribution is -2.33. The van der Waals surface area contributed by atoms with Crippen molar-refractivity contribution < 1.29 is 5.11 Å². The van der Waals surface area contributed by atoms with E-state index in [9.17, 15) is 0 Å². The summed E-state index contributed by atoms with van der Waals surface area (Å²) in [5.41, 5.74) is 0. The molecule has 0 aromatic rings. The monoisotopic (exact) mass is 189 g/mol. The Balaban J connectivity index is 2.12. The zero-order valence-electron chi connectivity index (χ0n) is 7.83. The normalized spacial score (nSPS) is 25.0. The molecule has 1 aliphatic rings. The van der Waals surface area contributed by atoms with Gasteiger partial charge in [-0.1, -0.05) is 6.92 Å². The standard InChI is InChI=1S/C9H19NOS/c1-2-12-7-6-10-5-3-4-9(10)8-11/h9,11H,2-8H2,1H3. The average Bonchev–Trinajstić information content (AvgIpc) is 2.52. The summed E-state index contributed by atoms with van der Waals surface area (Å²) in [7, 11) is 0. The summed E-state index contributed by atoms with van der Waals surface area (Å²) < 4.78 is 0. The van der Waals surface area contributed by atoms with Crippen LogP contribution in [0.1, 0.15) is 19.8 Å². The number of likely N-dealkylation sites (tertiary alicyclic amines) is 1. The van der Waals surface area contributed by atoms with E-state index in [2.05, 4.69) is 11.8 Å². The van der Waals surface area contributed by atoms with Crippen molar-refractivity contribution in [3.05, 3.63) is 0 Å². The van der Waals surface area contributed by atoms with E-state index < -0.39 is 0 Å². The van der Waals surface area contributed by atoms with Crippen molar-refractivity contribution in [3.8, 4) is 0 Å². The maximum atomic E-state index is 9.04. The van der Waals surface area contributed by atoms with Crippen LogP contribution in [0.2, 0.25) is 0 Å². The number of aliphatic hydroxyl groups excluding tert-OH is 1.